The lowest BCUT2D eigenvalue weighted by atomic mass is 9.91. The third kappa shape index (κ3) is 3.64. The molecule has 1 aliphatic rings. The van der Waals surface area contributed by atoms with Crippen LogP contribution in [-0.4, -0.2) is 35.8 Å². The summed E-state index contributed by atoms with van der Waals surface area (Å²) in [4.78, 5) is 28.1. The average molecular weight is 306 g/mol. The molecule has 1 atom stereocenters. The minimum atomic E-state index is -0.521. The second-order valence-corrected chi connectivity index (χ2v) is 6.97. The highest BCUT2D eigenvalue weighted by Crippen LogP contribution is 2.25. The highest BCUT2D eigenvalue weighted by molar-refractivity contribution is 6.00. The molecular weight excluding hydrogens is 283 g/mol. The third-order valence-electron chi connectivity index (χ3n) is 3.78. The van der Waals surface area contributed by atoms with Gasteiger partial charge in [-0.25, -0.2) is 4.39 Å². The molecule has 0 spiro atoms. The molecule has 1 aliphatic heterocycles. The van der Waals surface area contributed by atoms with E-state index in [2.05, 4.69) is 0 Å². The number of hydrogen-bond acceptors (Lipinski definition) is 2. The lowest BCUT2D eigenvalue weighted by molar-refractivity contribution is -0.142. The van der Waals surface area contributed by atoms with Crippen molar-refractivity contribution in [1.82, 2.24) is 4.90 Å². The van der Waals surface area contributed by atoms with Gasteiger partial charge in [0.1, 0.15) is 11.9 Å². The topological polar surface area (TPSA) is 40.6 Å². The largest absolute Gasteiger partial charge is 0.329 e. The van der Waals surface area contributed by atoms with Gasteiger partial charge < -0.3 is 9.80 Å². The van der Waals surface area contributed by atoms with Crippen molar-refractivity contribution in [3.05, 3.63) is 30.1 Å². The fourth-order valence-electron chi connectivity index (χ4n) is 2.67. The summed E-state index contributed by atoms with van der Waals surface area (Å²) in [6.07, 6.45) is 0.407. The van der Waals surface area contributed by atoms with E-state index in [1.807, 2.05) is 20.8 Å². The summed E-state index contributed by atoms with van der Waals surface area (Å²) in [5.41, 5.74) is 0.430. The molecule has 2 rings (SSSR count). The van der Waals surface area contributed by atoms with Crippen molar-refractivity contribution in [2.24, 2.45) is 5.41 Å². The van der Waals surface area contributed by atoms with Gasteiger partial charge in [0, 0.05) is 25.2 Å². The molecular formula is C17H23FN2O2. The number of benzene rings is 1. The minimum absolute atomic E-state index is 0.00718. The first-order chi connectivity index (χ1) is 10.2. The minimum Gasteiger partial charge on any atom is -0.329 e. The number of hydrogen-bond donors (Lipinski definition) is 0. The highest BCUT2D eigenvalue weighted by Gasteiger charge is 2.35. The maximum atomic E-state index is 13.3. The number of halogens is 1. The monoisotopic (exact) mass is 306 g/mol. The van der Waals surface area contributed by atoms with Gasteiger partial charge in [0.05, 0.1) is 0 Å². The third-order valence-corrected chi connectivity index (χ3v) is 3.78. The van der Waals surface area contributed by atoms with E-state index in [-0.39, 0.29) is 23.0 Å². The first-order valence-corrected chi connectivity index (χ1v) is 7.55. The molecule has 0 bridgehead atoms. The zero-order valence-electron chi connectivity index (χ0n) is 13.6. The Morgan fingerprint density at radius 3 is 2.59 bits per heavy atom. The van der Waals surface area contributed by atoms with Crippen LogP contribution in [0.25, 0.3) is 0 Å². The molecule has 0 saturated carbocycles. The maximum Gasteiger partial charge on any atom is 0.249 e. The van der Waals surface area contributed by atoms with Crippen LogP contribution in [-0.2, 0) is 9.59 Å². The van der Waals surface area contributed by atoms with Crippen LogP contribution in [0.5, 0.6) is 0 Å². The van der Waals surface area contributed by atoms with Crippen molar-refractivity contribution in [1.29, 1.82) is 0 Å². The quantitative estimate of drug-likeness (QED) is 0.843. The Hall–Kier alpha value is -1.91. The lowest BCUT2D eigenvalue weighted by Gasteiger charge is -2.40. The Bertz CT molecular complexity index is 580. The molecule has 22 heavy (non-hydrogen) atoms. The Kier molecular flexibility index (Phi) is 4.54. The maximum absolute atomic E-state index is 13.3. The standard InChI is InChI=1S/C17H23FN2O2/c1-12-16(22)20(14-7-5-6-13(18)10-14)9-8-19(12)15(21)11-17(2,3)4/h5-7,10,12H,8-9,11H2,1-4H3. The van der Waals surface area contributed by atoms with Crippen molar-refractivity contribution in [3.8, 4) is 0 Å². The van der Waals surface area contributed by atoms with Gasteiger partial charge in [0.15, 0.2) is 0 Å². The van der Waals surface area contributed by atoms with Gasteiger partial charge in [-0.1, -0.05) is 26.8 Å². The summed E-state index contributed by atoms with van der Waals surface area (Å²) < 4.78 is 13.3. The van der Waals surface area contributed by atoms with Gasteiger partial charge in [0.25, 0.3) is 0 Å². The lowest BCUT2D eigenvalue weighted by Crippen LogP contribution is -2.58. The van der Waals surface area contributed by atoms with Crippen molar-refractivity contribution in [2.75, 3.05) is 18.0 Å². The number of anilines is 1. The van der Waals surface area contributed by atoms with Crippen molar-refractivity contribution < 1.29 is 14.0 Å². The number of amides is 2. The molecule has 0 aliphatic carbocycles. The molecule has 1 aromatic carbocycles. The zero-order valence-corrected chi connectivity index (χ0v) is 13.6. The van der Waals surface area contributed by atoms with E-state index in [9.17, 15) is 14.0 Å². The summed E-state index contributed by atoms with van der Waals surface area (Å²) in [5, 5.41) is 0. The van der Waals surface area contributed by atoms with E-state index < -0.39 is 6.04 Å². The zero-order chi connectivity index (χ0) is 16.5. The smallest absolute Gasteiger partial charge is 0.249 e. The molecule has 0 N–H and O–H groups in total. The van der Waals surface area contributed by atoms with Crippen LogP contribution in [0.1, 0.15) is 34.1 Å². The van der Waals surface area contributed by atoms with E-state index in [0.29, 0.717) is 25.2 Å². The molecule has 2 amide bonds. The van der Waals surface area contributed by atoms with Crippen molar-refractivity contribution in [2.45, 2.75) is 40.2 Å². The van der Waals surface area contributed by atoms with Gasteiger partial charge in [0.2, 0.25) is 11.8 Å². The van der Waals surface area contributed by atoms with Crippen LogP contribution in [0.2, 0.25) is 0 Å². The number of piperazine rings is 1. The highest BCUT2D eigenvalue weighted by atomic mass is 19.1. The van der Waals surface area contributed by atoms with Crippen LogP contribution in [0.3, 0.4) is 0 Å². The van der Waals surface area contributed by atoms with Gasteiger partial charge in [-0.3, -0.25) is 9.59 Å². The Morgan fingerprint density at radius 1 is 1.32 bits per heavy atom. The van der Waals surface area contributed by atoms with Crippen LogP contribution in [0, 0.1) is 11.2 Å². The second-order valence-electron chi connectivity index (χ2n) is 6.97. The van der Waals surface area contributed by atoms with Gasteiger partial charge in [-0.05, 0) is 30.5 Å². The Morgan fingerprint density at radius 2 is 2.00 bits per heavy atom. The molecule has 1 saturated heterocycles. The molecule has 0 radical (unpaired) electrons. The normalized spacial score (nSPS) is 19.5. The average Bonchev–Trinajstić information content (AvgIpc) is 2.39. The number of nitrogens with zero attached hydrogens (tertiary/aromatic N) is 2. The number of rotatable bonds is 2. The van der Waals surface area contributed by atoms with Gasteiger partial charge in [-0.2, -0.15) is 0 Å². The van der Waals surface area contributed by atoms with Crippen LogP contribution < -0.4 is 4.90 Å². The first-order valence-electron chi connectivity index (χ1n) is 7.55. The second kappa shape index (κ2) is 6.07. The predicted octanol–water partition coefficient (Wildman–Crippen LogP) is 2.83. The van der Waals surface area contributed by atoms with E-state index in [4.69, 9.17) is 0 Å². The predicted molar refractivity (Wildman–Crippen MR) is 84.0 cm³/mol. The molecule has 1 fully saturated rings. The van der Waals surface area contributed by atoms with Gasteiger partial charge >= 0.3 is 0 Å². The fraction of sp³-hybridized carbons (Fsp3) is 0.529. The molecule has 120 valence electrons. The van der Waals surface area contributed by atoms with Crippen LogP contribution >= 0.6 is 0 Å². The fourth-order valence-corrected chi connectivity index (χ4v) is 2.67. The summed E-state index contributed by atoms with van der Waals surface area (Å²) >= 11 is 0. The SMILES string of the molecule is CC1C(=O)N(c2cccc(F)c2)CCN1C(=O)CC(C)(C)C. The Labute approximate surface area is 130 Å². The van der Waals surface area contributed by atoms with Gasteiger partial charge in [-0.15, -0.1) is 0 Å². The van der Waals surface area contributed by atoms with Crippen LogP contribution in [0.4, 0.5) is 10.1 Å². The Balaban J connectivity index is 2.13. The summed E-state index contributed by atoms with van der Waals surface area (Å²) in [7, 11) is 0. The number of carbonyl (C=O) groups is 2. The first kappa shape index (κ1) is 16.5. The van der Waals surface area contributed by atoms with E-state index in [0.717, 1.165) is 0 Å². The summed E-state index contributed by atoms with van der Waals surface area (Å²) in [6.45, 7) is 8.59. The molecule has 0 aromatic heterocycles. The summed E-state index contributed by atoms with van der Waals surface area (Å²) in [6, 6.07) is 5.46. The van der Waals surface area contributed by atoms with E-state index in [1.165, 1.54) is 12.1 Å². The molecule has 1 heterocycles. The molecule has 1 unspecified atom stereocenters. The number of carbonyl (C=O) groups excluding carboxylic acids is 2. The van der Waals surface area contributed by atoms with Crippen molar-refractivity contribution in [3.63, 3.8) is 0 Å². The van der Waals surface area contributed by atoms with E-state index >= 15 is 0 Å². The van der Waals surface area contributed by atoms with Crippen molar-refractivity contribution >= 4 is 17.5 Å². The van der Waals surface area contributed by atoms with Crippen LogP contribution in [0.15, 0.2) is 24.3 Å². The molecule has 4 nitrogen and oxygen atoms in total. The molecule has 1 aromatic rings. The van der Waals surface area contributed by atoms with E-state index in [1.54, 1.807) is 28.9 Å². The molecule has 5 heteroatoms. The summed E-state index contributed by atoms with van der Waals surface area (Å²) in [5.74, 6) is -0.546.